The fourth-order valence-corrected chi connectivity index (χ4v) is 1.80. The van der Waals surface area contributed by atoms with Crippen molar-refractivity contribution in [3.05, 3.63) is 35.4 Å². The molecule has 1 fully saturated rings. The van der Waals surface area contributed by atoms with Crippen LogP contribution in [0.1, 0.15) is 25.0 Å². The normalized spacial score (nSPS) is 13.9. The molecule has 3 heteroatoms. The van der Waals surface area contributed by atoms with Crippen LogP contribution in [0.4, 0.5) is 4.79 Å². The molecule has 3 nitrogen and oxygen atoms in total. The number of benzene rings is 1. The van der Waals surface area contributed by atoms with Gasteiger partial charge in [-0.3, -0.25) is 0 Å². The van der Waals surface area contributed by atoms with E-state index in [9.17, 15) is 4.79 Å². The maximum atomic E-state index is 11.4. The van der Waals surface area contributed by atoms with Crippen LogP contribution < -0.4 is 0 Å². The molecule has 17 heavy (non-hydrogen) atoms. The Morgan fingerprint density at radius 1 is 1.29 bits per heavy atom. The molecule has 0 radical (unpaired) electrons. The lowest BCUT2D eigenvalue weighted by Gasteiger charge is -2.12. The molecule has 2 rings (SSSR count). The number of rotatable bonds is 4. The fraction of sp³-hybridized carbons (Fsp3) is 0.500. The second kappa shape index (κ2) is 5.21. The van der Waals surface area contributed by atoms with E-state index < -0.39 is 0 Å². The van der Waals surface area contributed by atoms with Crippen LogP contribution in [0.15, 0.2) is 24.3 Å². The molecule has 92 valence electrons. The molecule has 1 aromatic carbocycles. The van der Waals surface area contributed by atoms with Gasteiger partial charge in [0.25, 0.3) is 0 Å². The number of carbonyl (C=O) groups is 1. The summed E-state index contributed by atoms with van der Waals surface area (Å²) in [5, 5.41) is 0. The molecule has 0 aromatic heterocycles. The first-order valence-corrected chi connectivity index (χ1v) is 6.15. The van der Waals surface area contributed by atoms with E-state index in [1.807, 2.05) is 18.2 Å². The Morgan fingerprint density at radius 2 is 1.94 bits per heavy atom. The molecule has 1 aromatic rings. The first-order chi connectivity index (χ1) is 8.16. The van der Waals surface area contributed by atoms with Crippen LogP contribution >= 0.6 is 0 Å². The molecule has 0 unspecified atom stereocenters. The Balaban J connectivity index is 1.96. The summed E-state index contributed by atoms with van der Waals surface area (Å²) in [6.07, 6.45) is 0.835. The van der Waals surface area contributed by atoms with Gasteiger partial charge in [0.2, 0.25) is 0 Å². The Hall–Kier alpha value is -1.51. The highest BCUT2D eigenvalue weighted by Crippen LogP contribution is 2.16. The second-order valence-electron chi connectivity index (χ2n) is 4.91. The molecule has 0 N–H and O–H groups in total. The quantitative estimate of drug-likeness (QED) is 0.748. The van der Waals surface area contributed by atoms with Crippen molar-refractivity contribution >= 4 is 6.09 Å². The van der Waals surface area contributed by atoms with Crippen LogP contribution in [0.3, 0.4) is 0 Å². The zero-order chi connectivity index (χ0) is 12.3. The number of amides is 1. The van der Waals surface area contributed by atoms with E-state index in [1.54, 1.807) is 4.90 Å². The lowest BCUT2D eigenvalue weighted by Crippen LogP contribution is -2.13. The maximum Gasteiger partial charge on any atom is 0.410 e. The van der Waals surface area contributed by atoms with Crippen molar-refractivity contribution in [2.75, 3.05) is 13.1 Å². The average molecular weight is 233 g/mol. The first kappa shape index (κ1) is 12.0. The molecule has 1 amide bonds. The Morgan fingerprint density at radius 3 is 2.53 bits per heavy atom. The zero-order valence-corrected chi connectivity index (χ0v) is 10.5. The summed E-state index contributed by atoms with van der Waals surface area (Å²) in [6.45, 7) is 6.45. The molecule has 0 bridgehead atoms. The van der Waals surface area contributed by atoms with Crippen LogP contribution in [-0.4, -0.2) is 24.1 Å². The van der Waals surface area contributed by atoms with Gasteiger partial charge in [0.05, 0.1) is 0 Å². The summed E-state index contributed by atoms with van der Waals surface area (Å²) in [5.41, 5.74) is 2.40. The van der Waals surface area contributed by atoms with Crippen molar-refractivity contribution in [3.8, 4) is 0 Å². The minimum Gasteiger partial charge on any atom is -0.445 e. The van der Waals surface area contributed by atoms with Crippen molar-refractivity contribution in [2.24, 2.45) is 5.92 Å². The Labute approximate surface area is 102 Å². The third kappa shape index (κ3) is 3.48. The highest BCUT2D eigenvalue weighted by atomic mass is 16.6. The minimum atomic E-state index is -0.190. The van der Waals surface area contributed by atoms with Crippen molar-refractivity contribution < 1.29 is 9.53 Å². The van der Waals surface area contributed by atoms with Gasteiger partial charge in [-0.05, 0) is 23.5 Å². The molecular formula is C14H19NO2. The standard InChI is InChI=1S/C14H19NO2/c1-11(2)9-12-5-3-4-6-13(12)10-17-14(16)15-7-8-15/h3-6,11H,7-10H2,1-2H3. The minimum absolute atomic E-state index is 0.190. The maximum absolute atomic E-state index is 11.4. The molecule has 1 aliphatic heterocycles. The first-order valence-electron chi connectivity index (χ1n) is 6.15. The van der Waals surface area contributed by atoms with E-state index in [-0.39, 0.29) is 6.09 Å². The number of ether oxygens (including phenoxy) is 1. The van der Waals surface area contributed by atoms with Gasteiger partial charge >= 0.3 is 6.09 Å². The molecule has 0 atom stereocenters. The van der Waals surface area contributed by atoms with Gasteiger partial charge in [-0.15, -0.1) is 0 Å². The third-order valence-corrected chi connectivity index (χ3v) is 2.80. The number of hydrogen-bond acceptors (Lipinski definition) is 2. The van der Waals surface area contributed by atoms with Crippen LogP contribution in [0.2, 0.25) is 0 Å². The highest BCUT2D eigenvalue weighted by Gasteiger charge is 2.25. The molecule has 0 aliphatic carbocycles. The lowest BCUT2D eigenvalue weighted by molar-refractivity contribution is 0.124. The van der Waals surface area contributed by atoms with Crippen molar-refractivity contribution in [1.29, 1.82) is 0 Å². The third-order valence-electron chi connectivity index (χ3n) is 2.80. The van der Waals surface area contributed by atoms with Crippen LogP contribution in [0.25, 0.3) is 0 Å². The summed E-state index contributed by atoms with van der Waals surface area (Å²) < 4.78 is 5.26. The topological polar surface area (TPSA) is 29.3 Å². The van der Waals surface area contributed by atoms with Crippen LogP contribution in [-0.2, 0) is 17.8 Å². The summed E-state index contributed by atoms with van der Waals surface area (Å²) in [7, 11) is 0. The monoisotopic (exact) mass is 233 g/mol. The van der Waals surface area contributed by atoms with E-state index in [2.05, 4.69) is 19.9 Å². The summed E-state index contributed by atoms with van der Waals surface area (Å²) >= 11 is 0. The predicted octanol–water partition coefficient (Wildman–Crippen LogP) is 2.84. The van der Waals surface area contributed by atoms with E-state index in [0.717, 1.165) is 25.1 Å². The Kier molecular flexibility index (Phi) is 3.67. The van der Waals surface area contributed by atoms with E-state index in [1.165, 1.54) is 5.56 Å². The van der Waals surface area contributed by atoms with Crippen molar-refractivity contribution in [2.45, 2.75) is 26.9 Å². The van der Waals surface area contributed by atoms with Gasteiger partial charge in [-0.25, -0.2) is 4.79 Å². The van der Waals surface area contributed by atoms with Gasteiger partial charge < -0.3 is 9.64 Å². The Bertz CT molecular complexity index is 397. The van der Waals surface area contributed by atoms with Gasteiger partial charge in [0, 0.05) is 13.1 Å². The lowest BCUT2D eigenvalue weighted by atomic mass is 9.98. The molecule has 0 spiro atoms. The summed E-state index contributed by atoms with van der Waals surface area (Å²) in [4.78, 5) is 13.1. The predicted molar refractivity (Wildman–Crippen MR) is 66.7 cm³/mol. The van der Waals surface area contributed by atoms with Crippen molar-refractivity contribution in [1.82, 2.24) is 4.90 Å². The average Bonchev–Trinajstić information content (AvgIpc) is 3.10. The SMILES string of the molecule is CC(C)Cc1ccccc1COC(=O)N1CC1. The van der Waals surface area contributed by atoms with Gasteiger partial charge in [0.15, 0.2) is 0 Å². The number of nitrogens with zero attached hydrogens (tertiary/aromatic N) is 1. The molecular weight excluding hydrogens is 214 g/mol. The van der Waals surface area contributed by atoms with Gasteiger partial charge in [-0.2, -0.15) is 0 Å². The van der Waals surface area contributed by atoms with Gasteiger partial charge in [-0.1, -0.05) is 38.1 Å². The molecule has 1 saturated heterocycles. The number of carbonyl (C=O) groups excluding carboxylic acids is 1. The van der Waals surface area contributed by atoms with Crippen LogP contribution in [0, 0.1) is 5.92 Å². The van der Waals surface area contributed by atoms with Crippen LogP contribution in [0.5, 0.6) is 0 Å². The largest absolute Gasteiger partial charge is 0.445 e. The van der Waals surface area contributed by atoms with E-state index >= 15 is 0 Å². The molecule has 1 heterocycles. The second-order valence-corrected chi connectivity index (χ2v) is 4.91. The molecule has 0 saturated carbocycles. The van der Waals surface area contributed by atoms with Crippen molar-refractivity contribution in [3.63, 3.8) is 0 Å². The number of hydrogen-bond donors (Lipinski definition) is 0. The summed E-state index contributed by atoms with van der Waals surface area (Å²) in [6, 6.07) is 8.17. The highest BCUT2D eigenvalue weighted by molar-refractivity contribution is 5.70. The van der Waals surface area contributed by atoms with E-state index in [4.69, 9.17) is 4.74 Å². The van der Waals surface area contributed by atoms with Gasteiger partial charge in [0.1, 0.15) is 6.61 Å². The summed E-state index contributed by atoms with van der Waals surface area (Å²) in [5.74, 6) is 0.610. The molecule has 1 aliphatic rings. The fourth-order valence-electron chi connectivity index (χ4n) is 1.80. The smallest absolute Gasteiger partial charge is 0.410 e. The van der Waals surface area contributed by atoms with E-state index in [0.29, 0.717) is 12.5 Å². The zero-order valence-electron chi connectivity index (χ0n) is 10.5.